The van der Waals surface area contributed by atoms with Gasteiger partial charge < -0.3 is 14.2 Å². The van der Waals surface area contributed by atoms with Gasteiger partial charge in [-0.25, -0.2) is 9.59 Å². The van der Waals surface area contributed by atoms with E-state index in [1.807, 2.05) is 0 Å². The Bertz CT molecular complexity index is 771. The lowest BCUT2D eigenvalue weighted by molar-refractivity contribution is 0.0600. The van der Waals surface area contributed by atoms with Crippen LogP contribution in [0.1, 0.15) is 53.3 Å². The minimum absolute atomic E-state index is 0.347. The molecule has 0 N–H and O–H groups in total. The molecule has 0 aliphatic rings. The monoisotopic (exact) mass is 434 g/mol. The molecule has 0 atom stereocenters. The zero-order valence-electron chi connectivity index (χ0n) is 15.5. The molecule has 0 amide bonds. The highest BCUT2D eigenvalue weighted by Gasteiger charge is 2.12. The normalized spacial score (nSPS) is 10.3. The maximum absolute atomic E-state index is 12.3. The molecule has 2 aromatic carbocycles. The summed E-state index contributed by atoms with van der Waals surface area (Å²) in [6.07, 6.45) is 4.54. The van der Waals surface area contributed by atoms with E-state index in [1.54, 1.807) is 42.5 Å². The van der Waals surface area contributed by atoms with Gasteiger partial charge in [0.05, 0.1) is 29.3 Å². The summed E-state index contributed by atoms with van der Waals surface area (Å²) in [5.41, 5.74) is 0.790. The van der Waals surface area contributed by atoms with Gasteiger partial charge in [0.2, 0.25) is 0 Å². The lowest BCUT2D eigenvalue weighted by Gasteiger charge is -2.10. The predicted molar refractivity (Wildman–Crippen MR) is 107 cm³/mol. The van der Waals surface area contributed by atoms with Crippen LogP contribution in [0.4, 0.5) is 0 Å². The van der Waals surface area contributed by atoms with Crippen LogP contribution < -0.4 is 9.47 Å². The third-order valence-electron chi connectivity index (χ3n) is 3.91. The molecule has 0 aromatic heterocycles. The zero-order valence-corrected chi connectivity index (χ0v) is 17.1. The predicted octanol–water partition coefficient (Wildman–Crippen LogP) is 5.41. The first kappa shape index (κ1) is 21.0. The number of halogens is 1. The summed E-state index contributed by atoms with van der Waals surface area (Å²) in [5, 5.41) is 0. The van der Waals surface area contributed by atoms with Gasteiger partial charge in [0, 0.05) is 0 Å². The van der Waals surface area contributed by atoms with E-state index in [4.69, 9.17) is 9.47 Å². The average Bonchev–Trinajstić information content (AvgIpc) is 2.68. The molecule has 0 heterocycles. The Kier molecular flexibility index (Phi) is 8.33. The van der Waals surface area contributed by atoms with E-state index < -0.39 is 11.9 Å². The van der Waals surface area contributed by atoms with Gasteiger partial charge in [0.1, 0.15) is 11.5 Å². The van der Waals surface area contributed by atoms with Gasteiger partial charge in [0.15, 0.2) is 0 Å². The topological polar surface area (TPSA) is 61.8 Å². The minimum atomic E-state index is -0.490. The number of hydrogen-bond donors (Lipinski definition) is 0. The van der Waals surface area contributed by atoms with Crippen molar-refractivity contribution in [3.05, 3.63) is 58.1 Å². The summed E-state index contributed by atoms with van der Waals surface area (Å²) < 4.78 is 16.4. The quantitative estimate of drug-likeness (QED) is 0.299. The number of methoxy groups -OCH3 is 1. The molecule has 6 heteroatoms. The van der Waals surface area contributed by atoms with Crippen LogP contribution >= 0.6 is 15.9 Å². The molecule has 0 aliphatic carbocycles. The fourth-order valence-electron chi connectivity index (χ4n) is 2.40. The Labute approximate surface area is 167 Å². The molecular formula is C21H23BrO5. The zero-order chi connectivity index (χ0) is 19.6. The van der Waals surface area contributed by atoms with Crippen LogP contribution in [0, 0.1) is 0 Å². The summed E-state index contributed by atoms with van der Waals surface area (Å²) in [7, 11) is 1.31. The van der Waals surface area contributed by atoms with Crippen LogP contribution in [0.25, 0.3) is 0 Å². The standard InChI is InChI=1S/C21H23BrO5/c1-3-4-5-6-13-26-19-12-9-16(14-18(19)22)21(24)27-17-10-7-15(8-11-17)20(23)25-2/h7-12,14H,3-6,13H2,1-2H3. The summed E-state index contributed by atoms with van der Waals surface area (Å²) >= 11 is 3.43. The molecule has 0 saturated heterocycles. The fourth-order valence-corrected chi connectivity index (χ4v) is 2.89. The Morgan fingerprint density at radius 3 is 2.26 bits per heavy atom. The van der Waals surface area contributed by atoms with Crippen molar-refractivity contribution in [1.29, 1.82) is 0 Å². The van der Waals surface area contributed by atoms with Gasteiger partial charge in [-0.1, -0.05) is 26.2 Å². The van der Waals surface area contributed by atoms with Crippen LogP contribution in [0.2, 0.25) is 0 Å². The molecule has 0 saturated carbocycles. The van der Waals surface area contributed by atoms with E-state index >= 15 is 0 Å². The van der Waals surface area contributed by atoms with Crippen LogP contribution in [0.5, 0.6) is 11.5 Å². The van der Waals surface area contributed by atoms with Crippen LogP contribution in [0.3, 0.4) is 0 Å². The Morgan fingerprint density at radius 2 is 1.63 bits per heavy atom. The Hall–Kier alpha value is -2.34. The number of hydrogen-bond acceptors (Lipinski definition) is 5. The van der Waals surface area contributed by atoms with Crippen LogP contribution in [-0.2, 0) is 4.74 Å². The highest BCUT2D eigenvalue weighted by Crippen LogP contribution is 2.27. The maximum Gasteiger partial charge on any atom is 0.343 e. The second kappa shape index (κ2) is 10.7. The Balaban J connectivity index is 1.94. The largest absolute Gasteiger partial charge is 0.492 e. The van der Waals surface area contributed by atoms with E-state index in [2.05, 4.69) is 27.6 Å². The molecule has 0 spiro atoms. The maximum atomic E-state index is 12.3. The van der Waals surface area contributed by atoms with Gasteiger partial charge in [-0.3, -0.25) is 0 Å². The van der Waals surface area contributed by atoms with E-state index in [-0.39, 0.29) is 0 Å². The highest BCUT2D eigenvalue weighted by atomic mass is 79.9. The molecule has 0 aliphatic heterocycles. The molecule has 144 valence electrons. The van der Waals surface area contributed by atoms with Crippen LogP contribution in [-0.4, -0.2) is 25.7 Å². The number of benzene rings is 2. The third-order valence-corrected chi connectivity index (χ3v) is 4.53. The van der Waals surface area contributed by atoms with E-state index in [0.717, 1.165) is 12.8 Å². The molecule has 2 aromatic rings. The number of unbranched alkanes of at least 4 members (excludes halogenated alkanes) is 3. The Morgan fingerprint density at radius 1 is 0.926 bits per heavy atom. The number of carbonyl (C=O) groups excluding carboxylic acids is 2. The SMILES string of the molecule is CCCCCCOc1ccc(C(=O)Oc2ccc(C(=O)OC)cc2)cc1Br. The average molecular weight is 435 g/mol. The fraction of sp³-hybridized carbons (Fsp3) is 0.333. The highest BCUT2D eigenvalue weighted by molar-refractivity contribution is 9.10. The van der Waals surface area contributed by atoms with Crippen molar-refractivity contribution in [2.75, 3.05) is 13.7 Å². The van der Waals surface area contributed by atoms with Gasteiger partial charge in [-0.05, 0) is 64.8 Å². The summed E-state index contributed by atoms with van der Waals surface area (Å²) in [6.45, 7) is 2.82. The number of ether oxygens (including phenoxy) is 3. The first-order chi connectivity index (χ1) is 13.0. The van der Waals surface area contributed by atoms with Gasteiger partial charge >= 0.3 is 11.9 Å². The third kappa shape index (κ3) is 6.40. The van der Waals surface area contributed by atoms with E-state index in [0.29, 0.717) is 33.7 Å². The smallest absolute Gasteiger partial charge is 0.343 e. The number of carbonyl (C=O) groups is 2. The van der Waals surface area contributed by atoms with Crippen LogP contribution in [0.15, 0.2) is 46.9 Å². The molecule has 0 unspecified atom stereocenters. The molecular weight excluding hydrogens is 412 g/mol. The first-order valence-corrected chi connectivity index (χ1v) is 9.67. The summed E-state index contributed by atoms with van der Waals surface area (Å²) in [6, 6.07) is 11.3. The second-order valence-corrected chi connectivity index (χ2v) is 6.81. The minimum Gasteiger partial charge on any atom is -0.492 e. The van der Waals surface area contributed by atoms with E-state index in [9.17, 15) is 9.59 Å². The van der Waals surface area contributed by atoms with Gasteiger partial charge in [-0.15, -0.1) is 0 Å². The van der Waals surface area contributed by atoms with Crippen molar-refractivity contribution >= 4 is 27.9 Å². The molecule has 27 heavy (non-hydrogen) atoms. The molecule has 5 nitrogen and oxygen atoms in total. The number of rotatable bonds is 9. The molecule has 0 radical (unpaired) electrons. The first-order valence-electron chi connectivity index (χ1n) is 8.88. The van der Waals surface area contributed by atoms with Gasteiger partial charge in [-0.2, -0.15) is 0 Å². The summed E-state index contributed by atoms with van der Waals surface area (Å²) in [5.74, 6) is 0.114. The van der Waals surface area contributed by atoms with Crippen molar-refractivity contribution in [3.8, 4) is 11.5 Å². The lowest BCUT2D eigenvalue weighted by atomic mass is 10.2. The second-order valence-electron chi connectivity index (χ2n) is 5.96. The van der Waals surface area contributed by atoms with Crippen molar-refractivity contribution in [2.24, 2.45) is 0 Å². The van der Waals surface area contributed by atoms with E-state index in [1.165, 1.54) is 20.0 Å². The molecule has 2 rings (SSSR count). The summed E-state index contributed by atoms with van der Waals surface area (Å²) in [4.78, 5) is 23.7. The number of esters is 2. The lowest BCUT2D eigenvalue weighted by Crippen LogP contribution is -2.09. The van der Waals surface area contributed by atoms with Crippen molar-refractivity contribution in [3.63, 3.8) is 0 Å². The van der Waals surface area contributed by atoms with Gasteiger partial charge in [0.25, 0.3) is 0 Å². The van der Waals surface area contributed by atoms with Crippen molar-refractivity contribution in [2.45, 2.75) is 32.6 Å². The van der Waals surface area contributed by atoms with Crippen molar-refractivity contribution < 1.29 is 23.8 Å². The molecule has 0 bridgehead atoms. The molecule has 0 fully saturated rings. The van der Waals surface area contributed by atoms with Crippen molar-refractivity contribution in [1.82, 2.24) is 0 Å².